The molecule has 4 nitrogen and oxygen atoms in total. The summed E-state index contributed by atoms with van der Waals surface area (Å²) in [6, 6.07) is 15.5. The van der Waals surface area contributed by atoms with E-state index >= 15 is 0 Å². The van der Waals surface area contributed by atoms with Crippen LogP contribution in [0.15, 0.2) is 57.7 Å². The van der Waals surface area contributed by atoms with Gasteiger partial charge in [0.05, 0.1) is 0 Å². The van der Waals surface area contributed by atoms with Crippen LogP contribution in [0.2, 0.25) is 0 Å². The summed E-state index contributed by atoms with van der Waals surface area (Å²) in [5, 5.41) is 4.32. The smallest absolute Gasteiger partial charge is 0.336 e. The fourth-order valence-corrected chi connectivity index (χ4v) is 2.91. The van der Waals surface area contributed by atoms with Gasteiger partial charge in [-0.1, -0.05) is 32.9 Å². The van der Waals surface area contributed by atoms with Crippen molar-refractivity contribution in [1.82, 2.24) is 0 Å². The van der Waals surface area contributed by atoms with Gasteiger partial charge in [-0.25, -0.2) is 4.79 Å². The van der Waals surface area contributed by atoms with Gasteiger partial charge >= 0.3 is 5.63 Å². The van der Waals surface area contributed by atoms with Crippen LogP contribution in [0.5, 0.6) is 0 Å². The van der Waals surface area contributed by atoms with Crippen LogP contribution >= 0.6 is 0 Å². The highest BCUT2D eigenvalue weighted by atomic mass is 16.4. The Balaban J connectivity index is 1.96. The van der Waals surface area contributed by atoms with Gasteiger partial charge in [-0.3, -0.25) is 0 Å². The summed E-state index contributed by atoms with van der Waals surface area (Å²) in [6.07, 6.45) is 0.725. The number of anilines is 2. The Kier molecular flexibility index (Phi) is 4.64. The first kappa shape index (κ1) is 17.2. The molecule has 3 N–H and O–H groups in total. The van der Waals surface area contributed by atoms with E-state index in [1.54, 1.807) is 6.07 Å². The summed E-state index contributed by atoms with van der Waals surface area (Å²) in [7, 11) is 0. The molecular formula is C21H24N2O2. The zero-order valence-corrected chi connectivity index (χ0v) is 14.9. The minimum absolute atomic E-state index is 0.124. The standard InChI is InChI=1S/C21H24N2O2/c1-21(2,3)15-4-6-16(7-5-15)23-17-12-14(10-11-22)18-8-9-20(24)25-19(18)13-17/h4-9,12-13,23H,10-11,22H2,1-3H3. The number of hydrogen-bond acceptors (Lipinski definition) is 4. The van der Waals surface area contributed by atoms with E-state index in [0.29, 0.717) is 12.1 Å². The molecule has 3 aromatic rings. The first-order valence-electron chi connectivity index (χ1n) is 8.51. The lowest BCUT2D eigenvalue weighted by Crippen LogP contribution is -2.10. The zero-order chi connectivity index (χ0) is 18.0. The second-order valence-corrected chi connectivity index (χ2v) is 7.29. The molecule has 0 radical (unpaired) electrons. The van der Waals surface area contributed by atoms with Crippen LogP contribution in [0.4, 0.5) is 11.4 Å². The van der Waals surface area contributed by atoms with E-state index in [1.165, 1.54) is 11.6 Å². The molecule has 0 spiro atoms. The molecular weight excluding hydrogens is 312 g/mol. The molecule has 0 atom stereocenters. The third-order valence-electron chi connectivity index (χ3n) is 4.28. The number of fused-ring (bicyclic) bond motifs is 1. The molecule has 0 saturated heterocycles. The summed E-state index contributed by atoms with van der Waals surface area (Å²) in [4.78, 5) is 11.5. The molecule has 1 aromatic heterocycles. The summed E-state index contributed by atoms with van der Waals surface area (Å²) >= 11 is 0. The average molecular weight is 336 g/mol. The number of nitrogens with two attached hydrogens (primary N) is 1. The maximum absolute atomic E-state index is 11.5. The molecule has 3 rings (SSSR count). The first-order chi connectivity index (χ1) is 11.9. The molecule has 0 saturated carbocycles. The average Bonchev–Trinajstić information content (AvgIpc) is 2.54. The molecule has 0 aliphatic heterocycles. The molecule has 0 aliphatic rings. The quantitative estimate of drug-likeness (QED) is 0.696. The lowest BCUT2D eigenvalue weighted by molar-refractivity contribution is 0.561. The van der Waals surface area contributed by atoms with E-state index in [-0.39, 0.29) is 11.0 Å². The summed E-state index contributed by atoms with van der Waals surface area (Å²) < 4.78 is 5.35. The van der Waals surface area contributed by atoms with E-state index < -0.39 is 0 Å². The molecule has 2 aromatic carbocycles. The van der Waals surface area contributed by atoms with E-state index in [9.17, 15) is 4.79 Å². The van der Waals surface area contributed by atoms with Gasteiger partial charge in [0.2, 0.25) is 0 Å². The molecule has 0 bridgehead atoms. The molecule has 0 unspecified atom stereocenters. The largest absolute Gasteiger partial charge is 0.423 e. The Morgan fingerprint density at radius 1 is 1.00 bits per heavy atom. The predicted molar refractivity (Wildman–Crippen MR) is 104 cm³/mol. The van der Waals surface area contributed by atoms with Crippen LogP contribution in [0.3, 0.4) is 0 Å². The van der Waals surface area contributed by atoms with Crippen molar-refractivity contribution in [2.45, 2.75) is 32.6 Å². The molecule has 0 aliphatic carbocycles. The molecule has 130 valence electrons. The second kappa shape index (κ2) is 6.73. The van der Waals surface area contributed by atoms with E-state index in [4.69, 9.17) is 10.2 Å². The molecule has 0 amide bonds. The Morgan fingerprint density at radius 3 is 2.36 bits per heavy atom. The van der Waals surface area contributed by atoms with E-state index in [2.05, 4.69) is 56.4 Å². The van der Waals surface area contributed by atoms with Crippen LogP contribution in [0.25, 0.3) is 11.0 Å². The van der Waals surface area contributed by atoms with Crippen LogP contribution in [0, 0.1) is 0 Å². The van der Waals surface area contributed by atoms with Crippen LogP contribution < -0.4 is 16.7 Å². The van der Waals surface area contributed by atoms with E-state index in [0.717, 1.165) is 28.7 Å². The van der Waals surface area contributed by atoms with Crippen molar-refractivity contribution in [3.05, 3.63) is 70.1 Å². The maximum atomic E-state index is 11.5. The number of benzene rings is 2. The van der Waals surface area contributed by atoms with Crippen molar-refractivity contribution in [3.63, 3.8) is 0 Å². The van der Waals surface area contributed by atoms with Crippen LogP contribution in [-0.2, 0) is 11.8 Å². The van der Waals surface area contributed by atoms with Gasteiger partial charge in [0.1, 0.15) is 5.58 Å². The molecule has 25 heavy (non-hydrogen) atoms. The minimum atomic E-state index is -0.349. The van der Waals surface area contributed by atoms with Gasteiger partial charge < -0.3 is 15.5 Å². The lowest BCUT2D eigenvalue weighted by atomic mass is 9.87. The normalized spacial score (nSPS) is 11.7. The highest BCUT2D eigenvalue weighted by molar-refractivity contribution is 5.85. The van der Waals surface area contributed by atoms with Gasteiger partial charge in [0.25, 0.3) is 0 Å². The summed E-state index contributed by atoms with van der Waals surface area (Å²) in [5.74, 6) is 0. The summed E-state index contributed by atoms with van der Waals surface area (Å²) in [5.41, 5.74) is 10.3. The van der Waals surface area contributed by atoms with Crippen molar-refractivity contribution < 1.29 is 4.42 Å². The van der Waals surface area contributed by atoms with Crippen molar-refractivity contribution in [1.29, 1.82) is 0 Å². The maximum Gasteiger partial charge on any atom is 0.336 e. The lowest BCUT2D eigenvalue weighted by Gasteiger charge is -2.19. The van der Waals surface area contributed by atoms with Gasteiger partial charge in [-0.2, -0.15) is 0 Å². The van der Waals surface area contributed by atoms with Crippen LogP contribution in [-0.4, -0.2) is 6.54 Å². The van der Waals surface area contributed by atoms with Gasteiger partial charge in [0, 0.05) is 28.9 Å². The number of nitrogens with one attached hydrogen (secondary N) is 1. The van der Waals surface area contributed by atoms with Gasteiger partial charge in [0.15, 0.2) is 0 Å². The third kappa shape index (κ3) is 3.91. The number of rotatable bonds is 4. The Bertz CT molecular complexity index is 935. The highest BCUT2D eigenvalue weighted by Crippen LogP contribution is 2.28. The Labute approximate surface area is 147 Å². The monoisotopic (exact) mass is 336 g/mol. The predicted octanol–water partition coefficient (Wildman–Crippen LogP) is 4.34. The van der Waals surface area contributed by atoms with Gasteiger partial charge in [-0.05, 0) is 53.8 Å². The molecule has 1 heterocycles. The third-order valence-corrected chi connectivity index (χ3v) is 4.28. The van der Waals surface area contributed by atoms with Crippen LogP contribution in [0.1, 0.15) is 31.9 Å². The fraction of sp³-hybridized carbons (Fsp3) is 0.286. The van der Waals surface area contributed by atoms with Crippen molar-refractivity contribution in [2.24, 2.45) is 5.73 Å². The minimum Gasteiger partial charge on any atom is -0.423 e. The molecule has 0 fully saturated rings. The fourth-order valence-electron chi connectivity index (χ4n) is 2.91. The van der Waals surface area contributed by atoms with Crippen molar-refractivity contribution in [2.75, 3.05) is 11.9 Å². The summed E-state index contributed by atoms with van der Waals surface area (Å²) in [6.45, 7) is 7.12. The zero-order valence-electron chi connectivity index (χ0n) is 14.9. The Morgan fingerprint density at radius 2 is 1.72 bits per heavy atom. The first-order valence-corrected chi connectivity index (χ1v) is 8.51. The van der Waals surface area contributed by atoms with Crippen molar-refractivity contribution >= 4 is 22.3 Å². The Hall–Kier alpha value is -2.59. The number of hydrogen-bond donors (Lipinski definition) is 2. The van der Waals surface area contributed by atoms with Gasteiger partial charge in [-0.15, -0.1) is 0 Å². The second-order valence-electron chi connectivity index (χ2n) is 7.29. The van der Waals surface area contributed by atoms with Crippen molar-refractivity contribution in [3.8, 4) is 0 Å². The SMILES string of the molecule is CC(C)(C)c1ccc(Nc2cc(CCN)c3ccc(=O)oc3c2)cc1. The molecule has 4 heteroatoms. The topological polar surface area (TPSA) is 68.3 Å². The highest BCUT2D eigenvalue weighted by Gasteiger charge is 2.13. The van der Waals surface area contributed by atoms with E-state index in [1.807, 2.05) is 6.07 Å².